The standard InChI is InChI=1S/C10H8.C8H8O2/c1-2-6-10-8-4-3-7-9(10)5-1;1-7(9)10-8-5-3-2-4-6-8/h1-8H;2-6H,1H3. The number of benzene rings is 3. The maximum Gasteiger partial charge on any atom is 0.308 e. The Morgan fingerprint density at radius 2 is 1.10 bits per heavy atom. The van der Waals surface area contributed by atoms with E-state index < -0.39 is 0 Å². The van der Waals surface area contributed by atoms with Gasteiger partial charge in [-0.05, 0) is 22.9 Å². The first-order chi connectivity index (χ1) is 9.75. The number of esters is 1. The maximum absolute atomic E-state index is 10.4. The molecule has 0 N–H and O–H groups in total. The number of carbonyl (C=O) groups is 1. The molecule has 0 unspecified atom stereocenters. The molecule has 3 aromatic carbocycles. The fraction of sp³-hybridized carbons (Fsp3) is 0.0556. The van der Waals surface area contributed by atoms with Crippen LogP contribution in [0.2, 0.25) is 0 Å². The van der Waals surface area contributed by atoms with Gasteiger partial charge in [0.05, 0.1) is 0 Å². The number of hydrogen-bond acceptors (Lipinski definition) is 2. The summed E-state index contributed by atoms with van der Waals surface area (Å²) in [5, 5.41) is 2.62. The number of hydrogen-bond donors (Lipinski definition) is 0. The Morgan fingerprint density at radius 1 is 0.700 bits per heavy atom. The van der Waals surface area contributed by atoms with Gasteiger partial charge in [0.15, 0.2) is 0 Å². The largest absolute Gasteiger partial charge is 0.427 e. The third-order valence-corrected chi connectivity index (χ3v) is 2.66. The van der Waals surface area contributed by atoms with E-state index in [0.717, 1.165) is 0 Å². The van der Waals surface area contributed by atoms with Crippen LogP contribution in [0.1, 0.15) is 6.92 Å². The number of fused-ring (bicyclic) bond motifs is 1. The van der Waals surface area contributed by atoms with Gasteiger partial charge in [-0.3, -0.25) is 4.79 Å². The second kappa shape index (κ2) is 7.10. The van der Waals surface area contributed by atoms with Crippen molar-refractivity contribution in [1.82, 2.24) is 0 Å². The molecule has 0 radical (unpaired) electrons. The second-order valence-electron chi connectivity index (χ2n) is 4.25. The van der Waals surface area contributed by atoms with Crippen LogP contribution in [0.3, 0.4) is 0 Å². The molecular weight excluding hydrogens is 248 g/mol. The van der Waals surface area contributed by atoms with Gasteiger partial charge in [0, 0.05) is 6.92 Å². The highest BCUT2D eigenvalue weighted by atomic mass is 16.5. The van der Waals surface area contributed by atoms with Crippen LogP contribution in [0, 0.1) is 0 Å². The van der Waals surface area contributed by atoms with E-state index in [-0.39, 0.29) is 5.97 Å². The molecule has 0 spiro atoms. The molecule has 0 bridgehead atoms. The minimum atomic E-state index is -0.286. The minimum absolute atomic E-state index is 0.286. The molecule has 3 rings (SSSR count). The lowest BCUT2D eigenvalue weighted by molar-refractivity contribution is -0.131. The van der Waals surface area contributed by atoms with Crippen molar-refractivity contribution in [3.05, 3.63) is 78.9 Å². The van der Waals surface area contributed by atoms with Crippen molar-refractivity contribution < 1.29 is 9.53 Å². The van der Waals surface area contributed by atoms with Crippen molar-refractivity contribution in [2.24, 2.45) is 0 Å². The summed E-state index contributed by atoms with van der Waals surface area (Å²) in [6.07, 6.45) is 0. The molecule has 0 amide bonds. The quantitative estimate of drug-likeness (QED) is 0.479. The van der Waals surface area contributed by atoms with Gasteiger partial charge < -0.3 is 4.74 Å². The molecule has 100 valence electrons. The first-order valence-electron chi connectivity index (χ1n) is 6.43. The van der Waals surface area contributed by atoms with Crippen LogP contribution in [0.25, 0.3) is 10.8 Å². The predicted octanol–water partition coefficient (Wildman–Crippen LogP) is 4.45. The molecule has 3 aromatic rings. The second-order valence-corrected chi connectivity index (χ2v) is 4.25. The van der Waals surface area contributed by atoms with E-state index in [1.54, 1.807) is 12.1 Å². The Kier molecular flexibility index (Phi) is 4.90. The first-order valence-corrected chi connectivity index (χ1v) is 6.43. The molecule has 0 aliphatic carbocycles. The van der Waals surface area contributed by atoms with E-state index in [2.05, 4.69) is 48.5 Å². The molecule has 2 nitrogen and oxygen atoms in total. The topological polar surface area (TPSA) is 26.3 Å². The number of ether oxygens (including phenoxy) is 1. The molecule has 0 atom stereocenters. The molecule has 0 saturated heterocycles. The van der Waals surface area contributed by atoms with Gasteiger partial charge in [0.25, 0.3) is 0 Å². The van der Waals surface area contributed by atoms with Crippen LogP contribution in [0.4, 0.5) is 0 Å². The Balaban J connectivity index is 0.000000147. The normalized spacial score (nSPS) is 9.45. The van der Waals surface area contributed by atoms with Crippen molar-refractivity contribution in [2.45, 2.75) is 6.92 Å². The molecule has 0 saturated carbocycles. The Bertz CT molecular complexity index is 610. The van der Waals surface area contributed by atoms with Crippen LogP contribution >= 0.6 is 0 Å². The van der Waals surface area contributed by atoms with Gasteiger partial charge in [-0.15, -0.1) is 0 Å². The third kappa shape index (κ3) is 4.25. The van der Waals surface area contributed by atoms with Gasteiger partial charge in [0.2, 0.25) is 0 Å². The van der Waals surface area contributed by atoms with E-state index in [9.17, 15) is 4.79 Å². The molecule has 2 heteroatoms. The van der Waals surface area contributed by atoms with E-state index >= 15 is 0 Å². The molecule has 0 fully saturated rings. The number of carbonyl (C=O) groups excluding carboxylic acids is 1. The van der Waals surface area contributed by atoms with Crippen molar-refractivity contribution in [1.29, 1.82) is 0 Å². The lowest BCUT2D eigenvalue weighted by atomic mass is 10.1. The van der Waals surface area contributed by atoms with Gasteiger partial charge in [0.1, 0.15) is 5.75 Å². The Morgan fingerprint density at radius 3 is 1.50 bits per heavy atom. The predicted molar refractivity (Wildman–Crippen MR) is 81.7 cm³/mol. The van der Waals surface area contributed by atoms with Crippen LogP contribution in [-0.4, -0.2) is 5.97 Å². The SMILES string of the molecule is CC(=O)Oc1ccccc1.c1ccc2ccccc2c1. The lowest BCUT2D eigenvalue weighted by Gasteiger charge is -1.97. The first kappa shape index (κ1) is 13.8. The highest BCUT2D eigenvalue weighted by Crippen LogP contribution is 2.11. The van der Waals surface area contributed by atoms with E-state index in [0.29, 0.717) is 5.75 Å². The van der Waals surface area contributed by atoms with Gasteiger partial charge in [-0.1, -0.05) is 66.7 Å². The summed E-state index contributed by atoms with van der Waals surface area (Å²) in [7, 11) is 0. The number of para-hydroxylation sites is 1. The maximum atomic E-state index is 10.4. The average Bonchev–Trinajstić information content (AvgIpc) is 2.48. The summed E-state index contributed by atoms with van der Waals surface area (Å²) in [6.45, 7) is 1.38. The molecule has 20 heavy (non-hydrogen) atoms. The zero-order valence-corrected chi connectivity index (χ0v) is 11.3. The smallest absolute Gasteiger partial charge is 0.308 e. The van der Waals surface area contributed by atoms with E-state index in [4.69, 9.17) is 4.74 Å². The van der Waals surface area contributed by atoms with Crippen LogP contribution in [0.15, 0.2) is 78.9 Å². The van der Waals surface area contributed by atoms with Crippen LogP contribution < -0.4 is 4.74 Å². The van der Waals surface area contributed by atoms with E-state index in [1.807, 2.05) is 18.2 Å². The van der Waals surface area contributed by atoms with Crippen LogP contribution in [0.5, 0.6) is 5.75 Å². The molecule has 0 heterocycles. The van der Waals surface area contributed by atoms with Gasteiger partial charge >= 0.3 is 5.97 Å². The average molecular weight is 264 g/mol. The van der Waals surface area contributed by atoms with Crippen molar-refractivity contribution >= 4 is 16.7 Å². The summed E-state index contributed by atoms with van der Waals surface area (Å²) in [5.74, 6) is 0.307. The summed E-state index contributed by atoms with van der Waals surface area (Å²) in [4.78, 5) is 10.4. The van der Waals surface area contributed by atoms with Crippen LogP contribution in [-0.2, 0) is 4.79 Å². The zero-order valence-electron chi connectivity index (χ0n) is 11.3. The van der Waals surface area contributed by atoms with Gasteiger partial charge in [-0.2, -0.15) is 0 Å². The highest BCUT2D eigenvalue weighted by molar-refractivity contribution is 5.82. The van der Waals surface area contributed by atoms with Crippen molar-refractivity contribution in [3.8, 4) is 5.75 Å². The summed E-state index contributed by atoms with van der Waals surface area (Å²) in [5.41, 5.74) is 0. The Labute approximate surface area is 118 Å². The summed E-state index contributed by atoms with van der Waals surface area (Å²) >= 11 is 0. The van der Waals surface area contributed by atoms with E-state index in [1.165, 1.54) is 17.7 Å². The molecule has 0 aromatic heterocycles. The van der Waals surface area contributed by atoms with Crippen molar-refractivity contribution in [2.75, 3.05) is 0 Å². The zero-order chi connectivity index (χ0) is 14.2. The summed E-state index contributed by atoms with van der Waals surface area (Å²) < 4.78 is 4.78. The Hall–Kier alpha value is -2.61. The summed E-state index contributed by atoms with van der Waals surface area (Å²) in [6, 6.07) is 25.7. The fourth-order valence-electron chi connectivity index (χ4n) is 1.79. The lowest BCUT2D eigenvalue weighted by Crippen LogP contribution is -2.00. The minimum Gasteiger partial charge on any atom is -0.427 e. The third-order valence-electron chi connectivity index (χ3n) is 2.66. The molecule has 0 aliphatic rings. The van der Waals surface area contributed by atoms with Gasteiger partial charge in [-0.25, -0.2) is 0 Å². The molecular formula is C18H16O2. The number of rotatable bonds is 1. The monoisotopic (exact) mass is 264 g/mol. The molecule has 0 aliphatic heterocycles. The fourth-order valence-corrected chi connectivity index (χ4v) is 1.79. The van der Waals surface area contributed by atoms with Crippen molar-refractivity contribution in [3.63, 3.8) is 0 Å². The highest BCUT2D eigenvalue weighted by Gasteiger charge is 1.93.